The molecule has 0 radical (unpaired) electrons. The van der Waals surface area contributed by atoms with Crippen molar-refractivity contribution in [3.63, 3.8) is 0 Å². The van der Waals surface area contributed by atoms with Gasteiger partial charge in [-0.1, -0.05) is 6.07 Å². The molecule has 0 bridgehead atoms. The second kappa shape index (κ2) is 7.55. The molecule has 3 aliphatic heterocycles. The van der Waals surface area contributed by atoms with Crippen LogP contribution in [0.15, 0.2) is 36.5 Å². The average molecular weight is 395 g/mol. The van der Waals surface area contributed by atoms with Crippen LogP contribution in [-0.2, 0) is 0 Å². The van der Waals surface area contributed by atoms with Crippen molar-refractivity contribution < 1.29 is 19.4 Å². The van der Waals surface area contributed by atoms with Gasteiger partial charge in [-0.15, -0.1) is 0 Å². The van der Waals surface area contributed by atoms with Gasteiger partial charge in [-0.2, -0.15) is 0 Å². The molecule has 2 saturated heterocycles. The van der Waals surface area contributed by atoms with Crippen molar-refractivity contribution in [2.24, 2.45) is 0 Å². The summed E-state index contributed by atoms with van der Waals surface area (Å²) in [7, 11) is 0. The van der Waals surface area contributed by atoms with E-state index in [1.807, 2.05) is 40.1 Å². The third kappa shape index (κ3) is 3.40. The number of ether oxygens (including phenoxy) is 2. The predicted octanol–water partition coefficient (Wildman–Crippen LogP) is 2.40. The van der Waals surface area contributed by atoms with Crippen LogP contribution in [0.4, 0.5) is 5.82 Å². The number of aromatic nitrogens is 1. The van der Waals surface area contributed by atoms with Crippen LogP contribution in [0.3, 0.4) is 0 Å². The van der Waals surface area contributed by atoms with Gasteiger partial charge in [-0.05, 0) is 49.1 Å². The maximum absolute atomic E-state index is 13.0. The van der Waals surface area contributed by atoms with Crippen LogP contribution in [0.1, 0.15) is 41.1 Å². The van der Waals surface area contributed by atoms with Crippen molar-refractivity contribution in [1.29, 1.82) is 0 Å². The predicted molar refractivity (Wildman–Crippen MR) is 108 cm³/mol. The first-order valence-corrected chi connectivity index (χ1v) is 10.3. The molecule has 152 valence electrons. The number of hydrogen-bond donors (Lipinski definition) is 1. The number of carbonyl (C=O) groups is 1. The van der Waals surface area contributed by atoms with Gasteiger partial charge in [0.2, 0.25) is 6.79 Å². The Morgan fingerprint density at radius 1 is 1.10 bits per heavy atom. The molecule has 1 N–H and O–H groups in total. The van der Waals surface area contributed by atoms with E-state index in [0.717, 1.165) is 56.0 Å². The number of aliphatic hydroxyl groups excluding tert-OH is 1. The Morgan fingerprint density at radius 2 is 1.93 bits per heavy atom. The van der Waals surface area contributed by atoms with Crippen LogP contribution in [-0.4, -0.2) is 60.0 Å². The third-order valence-corrected chi connectivity index (χ3v) is 6.12. The van der Waals surface area contributed by atoms with Crippen molar-refractivity contribution in [3.05, 3.63) is 47.7 Å². The number of aliphatic hydroxyl groups is 1. The van der Waals surface area contributed by atoms with E-state index in [2.05, 4.69) is 4.98 Å². The smallest absolute Gasteiger partial charge is 0.257 e. The van der Waals surface area contributed by atoms with Crippen molar-refractivity contribution >= 4 is 11.7 Å². The number of hydrogen-bond acceptors (Lipinski definition) is 6. The molecule has 0 unspecified atom stereocenters. The molecule has 0 aliphatic carbocycles. The zero-order chi connectivity index (χ0) is 19.8. The molecular weight excluding hydrogens is 370 g/mol. The van der Waals surface area contributed by atoms with Gasteiger partial charge < -0.3 is 24.4 Å². The van der Waals surface area contributed by atoms with E-state index in [1.54, 1.807) is 6.20 Å². The van der Waals surface area contributed by atoms with Gasteiger partial charge in [0.15, 0.2) is 11.5 Å². The summed E-state index contributed by atoms with van der Waals surface area (Å²) in [5, 5.41) is 10.9. The van der Waals surface area contributed by atoms with Gasteiger partial charge in [-0.3, -0.25) is 4.79 Å². The lowest BCUT2D eigenvalue weighted by molar-refractivity contribution is 0.0791. The highest BCUT2D eigenvalue weighted by Crippen LogP contribution is 2.38. The lowest BCUT2D eigenvalue weighted by atomic mass is 9.86. The van der Waals surface area contributed by atoms with Crippen molar-refractivity contribution in [3.8, 4) is 11.5 Å². The normalized spacial score (nSPS) is 23.5. The molecule has 29 heavy (non-hydrogen) atoms. The van der Waals surface area contributed by atoms with E-state index < -0.39 is 6.10 Å². The van der Waals surface area contributed by atoms with Crippen molar-refractivity contribution in [1.82, 2.24) is 9.88 Å². The maximum Gasteiger partial charge on any atom is 0.257 e. The van der Waals surface area contributed by atoms with Gasteiger partial charge in [0, 0.05) is 38.3 Å². The summed E-state index contributed by atoms with van der Waals surface area (Å²) in [5.74, 6) is 2.22. The number of piperidine rings is 1. The molecule has 5 rings (SSSR count). The number of pyridine rings is 1. The van der Waals surface area contributed by atoms with E-state index in [9.17, 15) is 9.90 Å². The fraction of sp³-hybridized carbons (Fsp3) is 0.455. The minimum absolute atomic E-state index is 0.0159. The Labute approximate surface area is 169 Å². The Kier molecular flexibility index (Phi) is 4.75. The summed E-state index contributed by atoms with van der Waals surface area (Å²) in [6.45, 7) is 3.03. The highest BCUT2D eigenvalue weighted by Gasteiger charge is 2.33. The van der Waals surface area contributed by atoms with E-state index >= 15 is 0 Å². The lowest BCUT2D eigenvalue weighted by Gasteiger charge is -2.37. The summed E-state index contributed by atoms with van der Waals surface area (Å²) < 4.78 is 10.9. The Hall–Kier alpha value is -2.80. The molecule has 1 amide bonds. The molecule has 7 heteroatoms. The van der Waals surface area contributed by atoms with E-state index in [4.69, 9.17) is 9.47 Å². The number of carbonyl (C=O) groups excluding carboxylic acids is 1. The Balaban J connectivity index is 1.34. The van der Waals surface area contributed by atoms with Gasteiger partial charge in [0.05, 0.1) is 11.7 Å². The number of anilines is 1. The summed E-state index contributed by atoms with van der Waals surface area (Å²) in [6, 6.07) is 9.53. The highest BCUT2D eigenvalue weighted by molar-refractivity contribution is 5.99. The molecule has 0 spiro atoms. The first-order valence-electron chi connectivity index (χ1n) is 10.3. The molecule has 2 fully saturated rings. The zero-order valence-electron chi connectivity index (χ0n) is 16.3. The standard InChI is InChI=1S/C22H25N3O4/c26-18-13-25(11-7-16(18)15-5-6-19-20(12-15)29-14-28-19)21-17(4-3-8-23-21)22(27)24-9-1-2-10-24/h3-6,8,12,16,18,26H,1-2,7,9-11,13-14H2/t16-,18+/m0/s1. The Morgan fingerprint density at radius 3 is 2.76 bits per heavy atom. The lowest BCUT2D eigenvalue weighted by Crippen LogP contribution is -2.44. The highest BCUT2D eigenvalue weighted by atomic mass is 16.7. The van der Waals surface area contributed by atoms with Crippen LogP contribution in [0.2, 0.25) is 0 Å². The topological polar surface area (TPSA) is 75.1 Å². The van der Waals surface area contributed by atoms with Gasteiger partial charge in [-0.25, -0.2) is 4.98 Å². The van der Waals surface area contributed by atoms with Crippen LogP contribution in [0, 0.1) is 0 Å². The van der Waals surface area contributed by atoms with E-state index in [0.29, 0.717) is 17.9 Å². The molecule has 1 aromatic heterocycles. The summed E-state index contributed by atoms with van der Waals surface area (Å²) in [6.07, 6.45) is 4.05. The van der Waals surface area contributed by atoms with E-state index in [-0.39, 0.29) is 18.6 Å². The van der Waals surface area contributed by atoms with Crippen LogP contribution < -0.4 is 14.4 Å². The number of nitrogens with zero attached hydrogens (tertiary/aromatic N) is 3. The molecule has 2 aromatic rings. The van der Waals surface area contributed by atoms with Gasteiger partial charge >= 0.3 is 0 Å². The molecule has 0 saturated carbocycles. The number of benzene rings is 1. The zero-order valence-corrected chi connectivity index (χ0v) is 16.3. The number of β-amino-alcohol motifs (C(OH)–C–C–N with tert-alkyl or cyclic N) is 1. The summed E-state index contributed by atoms with van der Waals surface area (Å²) in [5.41, 5.74) is 1.68. The quantitative estimate of drug-likeness (QED) is 0.860. The van der Waals surface area contributed by atoms with Crippen molar-refractivity contribution in [2.45, 2.75) is 31.3 Å². The van der Waals surface area contributed by atoms with Crippen LogP contribution >= 0.6 is 0 Å². The van der Waals surface area contributed by atoms with Crippen molar-refractivity contribution in [2.75, 3.05) is 37.9 Å². The van der Waals surface area contributed by atoms with Gasteiger partial charge in [0.25, 0.3) is 5.91 Å². The molecule has 2 atom stereocenters. The number of rotatable bonds is 3. The molecular formula is C22H25N3O4. The largest absolute Gasteiger partial charge is 0.454 e. The molecule has 1 aromatic carbocycles. The molecule has 4 heterocycles. The SMILES string of the molecule is O=C(c1cccnc1N1CC[C@@H](c2ccc3c(c2)OCO3)[C@H](O)C1)N1CCCC1. The fourth-order valence-electron chi connectivity index (χ4n) is 4.56. The summed E-state index contributed by atoms with van der Waals surface area (Å²) in [4.78, 5) is 21.4. The molecule has 7 nitrogen and oxygen atoms in total. The average Bonchev–Trinajstić information content (AvgIpc) is 3.44. The third-order valence-electron chi connectivity index (χ3n) is 6.12. The number of fused-ring (bicyclic) bond motifs is 1. The second-order valence-corrected chi connectivity index (χ2v) is 7.90. The second-order valence-electron chi connectivity index (χ2n) is 7.90. The minimum atomic E-state index is -0.555. The minimum Gasteiger partial charge on any atom is -0.454 e. The van der Waals surface area contributed by atoms with Crippen LogP contribution in [0.25, 0.3) is 0 Å². The van der Waals surface area contributed by atoms with Gasteiger partial charge in [0.1, 0.15) is 5.82 Å². The summed E-state index contributed by atoms with van der Waals surface area (Å²) >= 11 is 0. The first kappa shape index (κ1) is 18.2. The van der Waals surface area contributed by atoms with E-state index in [1.165, 1.54) is 0 Å². The van der Waals surface area contributed by atoms with Crippen LogP contribution in [0.5, 0.6) is 11.5 Å². The maximum atomic E-state index is 13.0. The molecule has 3 aliphatic rings. The first-order chi connectivity index (χ1) is 14.2. The number of likely N-dealkylation sites (tertiary alicyclic amines) is 1. The number of amides is 1. The monoisotopic (exact) mass is 395 g/mol. The Bertz CT molecular complexity index is 913. The fourth-order valence-corrected chi connectivity index (χ4v) is 4.56.